The summed E-state index contributed by atoms with van der Waals surface area (Å²) in [7, 11) is 0. The summed E-state index contributed by atoms with van der Waals surface area (Å²) in [6.07, 6.45) is -1.47. The van der Waals surface area contributed by atoms with Crippen LogP contribution in [0.25, 0.3) is 11.3 Å². The fourth-order valence-corrected chi connectivity index (χ4v) is 3.14. The maximum atomic E-state index is 14.9. The van der Waals surface area contributed by atoms with Gasteiger partial charge in [-0.3, -0.25) is 10.2 Å². The first-order chi connectivity index (χ1) is 15.3. The Morgan fingerprint density at radius 3 is 2.33 bits per heavy atom. The SMILES string of the molecule is CCOC(C(=O)NCc1ccc(C(=N)N)cc1)c1c(F)cc(-c2cccc(N)n2)cc1F.Cl. The molecule has 1 amide bonds. The minimum Gasteiger partial charge on any atom is -0.384 e. The molecule has 2 aromatic carbocycles. The number of anilines is 1. The van der Waals surface area contributed by atoms with E-state index in [0.717, 1.165) is 17.7 Å². The van der Waals surface area contributed by atoms with Gasteiger partial charge in [0.1, 0.15) is 23.3 Å². The van der Waals surface area contributed by atoms with Gasteiger partial charge in [-0.25, -0.2) is 13.8 Å². The number of nitrogens with one attached hydrogen (secondary N) is 2. The molecule has 0 saturated heterocycles. The van der Waals surface area contributed by atoms with E-state index in [2.05, 4.69) is 10.3 Å². The van der Waals surface area contributed by atoms with Gasteiger partial charge in [0, 0.05) is 24.3 Å². The summed E-state index contributed by atoms with van der Waals surface area (Å²) >= 11 is 0. The van der Waals surface area contributed by atoms with Crippen molar-refractivity contribution in [1.29, 1.82) is 5.41 Å². The summed E-state index contributed by atoms with van der Waals surface area (Å²) in [6, 6.07) is 13.6. The average Bonchev–Trinajstić information content (AvgIpc) is 2.76. The number of hydrogen-bond acceptors (Lipinski definition) is 5. The van der Waals surface area contributed by atoms with Crippen LogP contribution in [-0.2, 0) is 16.1 Å². The number of nitrogen functional groups attached to an aromatic ring is 2. The number of nitrogens with two attached hydrogens (primary N) is 2. The number of pyridine rings is 1. The maximum Gasteiger partial charge on any atom is 0.254 e. The quantitative estimate of drug-likeness (QED) is 0.292. The van der Waals surface area contributed by atoms with Crippen molar-refractivity contribution < 1.29 is 18.3 Å². The molecule has 0 radical (unpaired) electrons. The predicted octanol–water partition coefficient (Wildman–Crippen LogP) is 3.71. The van der Waals surface area contributed by atoms with Crippen molar-refractivity contribution in [2.24, 2.45) is 5.73 Å². The normalized spacial score (nSPS) is 11.4. The standard InChI is InChI=1S/C23H23F2N5O2.ClH/c1-2-32-21(23(31)29-12-13-6-8-14(9-7-13)22(27)28)20-16(24)10-15(11-17(20)25)18-4-3-5-19(26)30-18;/h3-11,21H,2,12H2,1H3,(H2,26,30)(H3,27,28)(H,29,31);1H. The molecule has 0 bridgehead atoms. The molecule has 3 rings (SSSR count). The Balaban J connectivity index is 0.00000385. The molecule has 6 N–H and O–H groups in total. The molecule has 10 heteroatoms. The van der Waals surface area contributed by atoms with Crippen molar-refractivity contribution in [2.45, 2.75) is 19.6 Å². The Hall–Kier alpha value is -3.56. The summed E-state index contributed by atoms with van der Waals surface area (Å²) in [4.78, 5) is 16.8. The van der Waals surface area contributed by atoms with Gasteiger partial charge >= 0.3 is 0 Å². The largest absolute Gasteiger partial charge is 0.384 e. The molecular formula is C23H24ClF2N5O2. The van der Waals surface area contributed by atoms with Crippen molar-refractivity contribution >= 4 is 30.0 Å². The van der Waals surface area contributed by atoms with E-state index in [1.54, 1.807) is 49.4 Å². The third-order valence-corrected chi connectivity index (χ3v) is 4.71. The van der Waals surface area contributed by atoms with Crippen molar-refractivity contribution in [3.05, 3.63) is 82.9 Å². The van der Waals surface area contributed by atoms with Gasteiger partial charge in [0.05, 0.1) is 11.3 Å². The first-order valence-corrected chi connectivity index (χ1v) is 9.84. The van der Waals surface area contributed by atoms with Crippen LogP contribution in [0.4, 0.5) is 14.6 Å². The monoisotopic (exact) mass is 475 g/mol. The second kappa shape index (κ2) is 11.3. The number of carbonyl (C=O) groups excluding carboxylic acids is 1. The number of ether oxygens (including phenoxy) is 1. The highest BCUT2D eigenvalue weighted by atomic mass is 35.5. The van der Waals surface area contributed by atoms with Gasteiger partial charge in [0.15, 0.2) is 6.10 Å². The Bertz CT molecular complexity index is 1120. The second-order valence-corrected chi connectivity index (χ2v) is 6.97. The van der Waals surface area contributed by atoms with Crippen LogP contribution in [0, 0.1) is 17.0 Å². The minimum atomic E-state index is -1.47. The van der Waals surface area contributed by atoms with Gasteiger partial charge in [0.25, 0.3) is 5.91 Å². The third-order valence-electron chi connectivity index (χ3n) is 4.71. The zero-order valence-corrected chi connectivity index (χ0v) is 18.6. The highest BCUT2D eigenvalue weighted by molar-refractivity contribution is 5.94. The highest BCUT2D eigenvalue weighted by Crippen LogP contribution is 2.29. The fraction of sp³-hybridized carbons (Fsp3) is 0.174. The van der Waals surface area contributed by atoms with E-state index in [1.807, 2.05) is 0 Å². The number of amides is 1. The van der Waals surface area contributed by atoms with E-state index in [9.17, 15) is 13.6 Å². The molecular weight excluding hydrogens is 452 g/mol. The zero-order chi connectivity index (χ0) is 23.3. The second-order valence-electron chi connectivity index (χ2n) is 6.97. The molecule has 3 aromatic rings. The number of hydrogen-bond donors (Lipinski definition) is 4. The first-order valence-electron chi connectivity index (χ1n) is 9.84. The molecule has 0 spiro atoms. The van der Waals surface area contributed by atoms with Crippen LogP contribution in [-0.4, -0.2) is 23.3 Å². The number of benzene rings is 2. The number of carbonyl (C=O) groups is 1. The van der Waals surface area contributed by atoms with E-state index in [1.165, 1.54) is 0 Å². The minimum absolute atomic E-state index is 0. The van der Waals surface area contributed by atoms with Crippen LogP contribution >= 0.6 is 12.4 Å². The number of aromatic nitrogens is 1. The Labute approximate surface area is 196 Å². The molecule has 1 heterocycles. The average molecular weight is 476 g/mol. The van der Waals surface area contributed by atoms with Crippen molar-refractivity contribution in [3.8, 4) is 11.3 Å². The molecule has 33 heavy (non-hydrogen) atoms. The van der Waals surface area contributed by atoms with Crippen molar-refractivity contribution in [2.75, 3.05) is 12.3 Å². The van der Waals surface area contributed by atoms with E-state index < -0.39 is 29.2 Å². The molecule has 0 aliphatic rings. The Kier molecular flexibility index (Phi) is 8.84. The van der Waals surface area contributed by atoms with E-state index in [0.29, 0.717) is 11.3 Å². The lowest BCUT2D eigenvalue weighted by atomic mass is 10.0. The van der Waals surface area contributed by atoms with Crippen LogP contribution in [0.1, 0.15) is 29.7 Å². The lowest BCUT2D eigenvalue weighted by molar-refractivity contribution is -0.133. The number of amidine groups is 1. The van der Waals surface area contributed by atoms with Crippen LogP contribution in [0.2, 0.25) is 0 Å². The Morgan fingerprint density at radius 1 is 1.15 bits per heavy atom. The highest BCUT2D eigenvalue weighted by Gasteiger charge is 2.28. The van der Waals surface area contributed by atoms with Crippen LogP contribution in [0.15, 0.2) is 54.6 Å². The summed E-state index contributed by atoms with van der Waals surface area (Å²) in [5.74, 6) is -2.39. The summed E-state index contributed by atoms with van der Waals surface area (Å²) in [5.41, 5.74) is 12.4. The Morgan fingerprint density at radius 2 is 1.79 bits per heavy atom. The number of rotatable bonds is 8. The molecule has 7 nitrogen and oxygen atoms in total. The molecule has 1 aromatic heterocycles. The van der Waals surface area contributed by atoms with Gasteiger partial charge in [-0.1, -0.05) is 30.3 Å². The van der Waals surface area contributed by atoms with E-state index in [4.69, 9.17) is 21.6 Å². The molecule has 0 aliphatic carbocycles. The van der Waals surface area contributed by atoms with E-state index >= 15 is 0 Å². The van der Waals surface area contributed by atoms with Gasteiger partial charge < -0.3 is 21.5 Å². The third kappa shape index (κ3) is 6.24. The van der Waals surface area contributed by atoms with Gasteiger partial charge in [-0.2, -0.15) is 0 Å². The van der Waals surface area contributed by atoms with Gasteiger partial charge in [-0.05, 0) is 36.8 Å². The smallest absolute Gasteiger partial charge is 0.254 e. The number of nitrogens with zero attached hydrogens (tertiary/aromatic N) is 1. The fourth-order valence-electron chi connectivity index (χ4n) is 3.14. The number of halogens is 3. The van der Waals surface area contributed by atoms with Crippen LogP contribution in [0.5, 0.6) is 0 Å². The first kappa shape index (κ1) is 25.7. The summed E-state index contributed by atoms with van der Waals surface area (Å²) < 4.78 is 35.2. The van der Waals surface area contributed by atoms with Crippen LogP contribution in [0.3, 0.4) is 0 Å². The molecule has 1 atom stereocenters. The lowest BCUT2D eigenvalue weighted by Gasteiger charge is -2.19. The van der Waals surface area contributed by atoms with E-state index in [-0.39, 0.29) is 42.8 Å². The molecule has 1 unspecified atom stereocenters. The summed E-state index contributed by atoms with van der Waals surface area (Å²) in [6.45, 7) is 1.81. The van der Waals surface area contributed by atoms with Crippen molar-refractivity contribution in [1.82, 2.24) is 10.3 Å². The molecule has 174 valence electrons. The summed E-state index contributed by atoms with van der Waals surface area (Å²) in [5, 5.41) is 10.0. The van der Waals surface area contributed by atoms with Gasteiger partial charge in [-0.15, -0.1) is 12.4 Å². The van der Waals surface area contributed by atoms with Crippen LogP contribution < -0.4 is 16.8 Å². The van der Waals surface area contributed by atoms with Crippen molar-refractivity contribution in [3.63, 3.8) is 0 Å². The van der Waals surface area contributed by atoms with Gasteiger partial charge in [0.2, 0.25) is 0 Å². The molecule has 0 aliphatic heterocycles. The topological polar surface area (TPSA) is 127 Å². The molecule has 0 saturated carbocycles. The lowest BCUT2D eigenvalue weighted by Crippen LogP contribution is -2.31. The molecule has 0 fully saturated rings. The predicted molar refractivity (Wildman–Crippen MR) is 125 cm³/mol. The maximum absolute atomic E-state index is 14.9. The zero-order valence-electron chi connectivity index (χ0n) is 17.8.